The second kappa shape index (κ2) is 8.83. The van der Waals surface area contributed by atoms with Gasteiger partial charge in [-0.05, 0) is 32.0 Å². The van der Waals surface area contributed by atoms with Gasteiger partial charge in [0.2, 0.25) is 5.91 Å². The molecule has 0 aliphatic carbocycles. The molecule has 154 valence electrons. The molecule has 4 rings (SSSR count). The number of fused-ring (bicyclic) bond motifs is 1. The number of carbonyl (C=O) groups excluding carboxylic acids is 2. The summed E-state index contributed by atoms with van der Waals surface area (Å²) in [5.41, 5.74) is 1.86. The summed E-state index contributed by atoms with van der Waals surface area (Å²) < 4.78 is 7.01. The molecule has 0 N–H and O–H groups in total. The van der Waals surface area contributed by atoms with Crippen molar-refractivity contribution in [2.45, 2.75) is 19.0 Å². The Morgan fingerprint density at radius 2 is 1.86 bits per heavy atom. The minimum atomic E-state index is -0.139. The number of rotatable bonds is 4. The SMILES string of the molecule is Cc1cc(C)n2c(SCC(=O)N3CCN(C(=O)c4ccco4)CC3)nnc2n1.[Cl-]. The van der Waals surface area contributed by atoms with E-state index in [-0.39, 0.29) is 30.0 Å². The van der Waals surface area contributed by atoms with Crippen molar-refractivity contribution in [1.82, 2.24) is 29.4 Å². The number of hydrogen-bond acceptors (Lipinski definition) is 7. The normalized spacial score (nSPS) is 14.1. The molecule has 1 saturated heterocycles. The van der Waals surface area contributed by atoms with Gasteiger partial charge >= 0.3 is 0 Å². The lowest BCUT2D eigenvalue weighted by Crippen LogP contribution is -3.00. The predicted molar refractivity (Wildman–Crippen MR) is 102 cm³/mol. The highest BCUT2D eigenvalue weighted by atomic mass is 35.5. The van der Waals surface area contributed by atoms with E-state index < -0.39 is 0 Å². The molecule has 0 radical (unpaired) electrons. The molecule has 11 heteroatoms. The third-order valence-electron chi connectivity index (χ3n) is 4.64. The number of furan rings is 1. The molecule has 0 atom stereocenters. The van der Waals surface area contributed by atoms with Crippen LogP contribution in [0.25, 0.3) is 5.78 Å². The van der Waals surface area contributed by atoms with Crippen LogP contribution in [0.4, 0.5) is 0 Å². The summed E-state index contributed by atoms with van der Waals surface area (Å²) in [6.07, 6.45) is 1.48. The van der Waals surface area contributed by atoms with E-state index >= 15 is 0 Å². The summed E-state index contributed by atoms with van der Waals surface area (Å²) in [4.78, 5) is 32.7. The Balaban J connectivity index is 0.00000240. The van der Waals surface area contributed by atoms with Crippen LogP contribution < -0.4 is 12.4 Å². The molecule has 0 unspecified atom stereocenters. The first-order chi connectivity index (χ1) is 13.5. The second-order valence-electron chi connectivity index (χ2n) is 6.60. The zero-order chi connectivity index (χ0) is 19.7. The quantitative estimate of drug-likeness (QED) is 0.456. The van der Waals surface area contributed by atoms with Crippen molar-refractivity contribution in [3.8, 4) is 0 Å². The average molecular weight is 436 g/mol. The fourth-order valence-corrected chi connectivity index (χ4v) is 4.11. The van der Waals surface area contributed by atoms with Crippen LogP contribution in [0.1, 0.15) is 21.9 Å². The number of aryl methyl sites for hydroxylation is 2. The molecule has 3 aromatic rings. The van der Waals surface area contributed by atoms with Gasteiger partial charge in [-0.25, -0.2) is 4.98 Å². The number of thioether (sulfide) groups is 1. The molecular weight excluding hydrogens is 416 g/mol. The summed E-state index contributed by atoms with van der Waals surface area (Å²) in [6, 6.07) is 5.30. The number of hydrogen-bond donors (Lipinski definition) is 0. The highest BCUT2D eigenvalue weighted by molar-refractivity contribution is 7.99. The van der Waals surface area contributed by atoms with E-state index in [2.05, 4.69) is 15.2 Å². The van der Waals surface area contributed by atoms with Gasteiger partial charge in [0.15, 0.2) is 10.9 Å². The van der Waals surface area contributed by atoms with Crippen molar-refractivity contribution >= 4 is 29.4 Å². The van der Waals surface area contributed by atoms with E-state index in [0.717, 1.165) is 11.4 Å². The molecule has 0 spiro atoms. The molecule has 1 aliphatic rings. The Labute approximate surface area is 177 Å². The maximum Gasteiger partial charge on any atom is 0.289 e. The van der Waals surface area contributed by atoms with Crippen LogP contribution >= 0.6 is 11.8 Å². The van der Waals surface area contributed by atoms with Crippen molar-refractivity contribution in [3.05, 3.63) is 41.6 Å². The average Bonchev–Trinajstić information content (AvgIpc) is 3.35. The number of aromatic nitrogens is 4. The topological polar surface area (TPSA) is 96.8 Å². The minimum Gasteiger partial charge on any atom is -1.00 e. The van der Waals surface area contributed by atoms with Crippen LogP contribution in [0.2, 0.25) is 0 Å². The van der Waals surface area contributed by atoms with Crippen molar-refractivity contribution in [2.75, 3.05) is 31.9 Å². The summed E-state index contributed by atoms with van der Waals surface area (Å²) in [5.74, 6) is 1.01. The lowest BCUT2D eigenvalue weighted by Gasteiger charge is -2.34. The van der Waals surface area contributed by atoms with E-state index in [1.807, 2.05) is 24.3 Å². The first-order valence-electron chi connectivity index (χ1n) is 8.95. The van der Waals surface area contributed by atoms with Gasteiger partial charge < -0.3 is 26.6 Å². The molecule has 9 nitrogen and oxygen atoms in total. The van der Waals surface area contributed by atoms with Gasteiger partial charge in [0.1, 0.15) is 0 Å². The van der Waals surface area contributed by atoms with Crippen LogP contribution in [0.15, 0.2) is 34.0 Å². The fourth-order valence-electron chi connectivity index (χ4n) is 3.23. The second-order valence-corrected chi connectivity index (χ2v) is 7.54. The summed E-state index contributed by atoms with van der Waals surface area (Å²) in [7, 11) is 0. The van der Waals surface area contributed by atoms with Crippen LogP contribution in [0.5, 0.6) is 0 Å². The van der Waals surface area contributed by atoms with Crippen molar-refractivity contribution in [3.63, 3.8) is 0 Å². The molecule has 0 saturated carbocycles. The maximum atomic E-state index is 12.6. The standard InChI is InChI=1S/C18H20N6O3S.ClH/c1-12-10-13(2)24-17(19-12)20-21-18(24)28-11-15(25)22-5-7-23(8-6-22)16(26)14-4-3-9-27-14;/h3-4,9-10H,5-8,11H2,1-2H3;1H/p-1. The Kier molecular flexibility index (Phi) is 6.43. The van der Waals surface area contributed by atoms with E-state index in [9.17, 15) is 9.59 Å². The van der Waals surface area contributed by atoms with Crippen molar-refractivity contribution in [2.24, 2.45) is 0 Å². The highest BCUT2D eigenvalue weighted by Crippen LogP contribution is 2.19. The Hall–Kier alpha value is -2.59. The van der Waals surface area contributed by atoms with Crippen molar-refractivity contribution in [1.29, 1.82) is 0 Å². The largest absolute Gasteiger partial charge is 1.00 e. The van der Waals surface area contributed by atoms with Crippen LogP contribution in [-0.2, 0) is 4.79 Å². The van der Waals surface area contributed by atoms with Crippen LogP contribution in [0, 0.1) is 13.8 Å². The van der Waals surface area contributed by atoms with Gasteiger partial charge in [-0.2, -0.15) is 0 Å². The molecule has 1 fully saturated rings. The fraction of sp³-hybridized carbons (Fsp3) is 0.389. The molecule has 0 aromatic carbocycles. The van der Waals surface area contributed by atoms with E-state index in [0.29, 0.717) is 42.9 Å². The predicted octanol–water partition coefficient (Wildman–Crippen LogP) is -1.59. The minimum absolute atomic E-state index is 0. The van der Waals surface area contributed by atoms with Gasteiger partial charge in [-0.1, -0.05) is 11.8 Å². The smallest absolute Gasteiger partial charge is 0.289 e. The van der Waals surface area contributed by atoms with Gasteiger partial charge in [0, 0.05) is 37.6 Å². The first-order valence-corrected chi connectivity index (χ1v) is 9.94. The van der Waals surface area contributed by atoms with Crippen LogP contribution in [-0.4, -0.2) is 73.1 Å². The zero-order valence-corrected chi connectivity index (χ0v) is 17.6. The van der Waals surface area contributed by atoms with Gasteiger partial charge in [0.05, 0.1) is 12.0 Å². The van der Waals surface area contributed by atoms with Gasteiger partial charge in [-0.3, -0.25) is 14.0 Å². The lowest BCUT2D eigenvalue weighted by molar-refractivity contribution is -0.129. The zero-order valence-electron chi connectivity index (χ0n) is 16.0. The highest BCUT2D eigenvalue weighted by Gasteiger charge is 2.26. The number of nitrogens with zero attached hydrogens (tertiary/aromatic N) is 6. The molecule has 2 amide bonds. The molecular formula is C18H20ClN6O3S-. The molecule has 0 bridgehead atoms. The molecule has 29 heavy (non-hydrogen) atoms. The monoisotopic (exact) mass is 435 g/mol. The third-order valence-corrected chi connectivity index (χ3v) is 5.55. The number of piperazine rings is 1. The number of carbonyl (C=O) groups is 2. The number of amides is 2. The Morgan fingerprint density at radius 3 is 2.55 bits per heavy atom. The first kappa shape index (κ1) is 21.1. The van der Waals surface area contributed by atoms with Crippen molar-refractivity contribution < 1.29 is 26.4 Å². The Bertz CT molecular complexity index is 1010. The third kappa shape index (κ3) is 4.38. The summed E-state index contributed by atoms with van der Waals surface area (Å²) >= 11 is 1.35. The van der Waals surface area contributed by atoms with Crippen LogP contribution in [0.3, 0.4) is 0 Å². The van der Waals surface area contributed by atoms with Gasteiger partial charge in [0.25, 0.3) is 11.7 Å². The number of halogens is 1. The van der Waals surface area contributed by atoms with E-state index in [1.54, 1.807) is 21.9 Å². The summed E-state index contributed by atoms with van der Waals surface area (Å²) in [5, 5.41) is 8.90. The Morgan fingerprint density at radius 1 is 1.14 bits per heavy atom. The summed E-state index contributed by atoms with van der Waals surface area (Å²) in [6.45, 7) is 5.87. The van der Waals surface area contributed by atoms with Gasteiger partial charge in [-0.15, -0.1) is 10.2 Å². The van der Waals surface area contributed by atoms with E-state index in [4.69, 9.17) is 4.42 Å². The van der Waals surface area contributed by atoms with E-state index in [1.165, 1.54) is 18.0 Å². The molecule has 4 heterocycles. The molecule has 1 aliphatic heterocycles. The lowest BCUT2D eigenvalue weighted by atomic mass is 10.3. The maximum absolute atomic E-state index is 12.6. The molecule has 3 aromatic heterocycles.